The molecule has 0 fully saturated rings. The first-order valence-electron chi connectivity index (χ1n) is 13.9. The third kappa shape index (κ3) is 6.60. The molecule has 212 valence electrons. The smallest absolute Gasteiger partial charge is 0.255 e. The van der Waals surface area contributed by atoms with Gasteiger partial charge in [0.1, 0.15) is 17.1 Å². The SMILES string of the molecule is Cc1c2c(c3ccccc3c1O)OC(C)(CCCCSc1ccc(NC(=O)c3ccc(N=C(N)N)cc3)cc1)CC2. The van der Waals surface area contributed by atoms with Crippen LogP contribution in [0.5, 0.6) is 11.5 Å². The molecule has 0 spiro atoms. The van der Waals surface area contributed by atoms with Crippen LogP contribution in [0.15, 0.2) is 82.7 Å². The number of amides is 1. The molecule has 1 unspecified atom stereocenters. The van der Waals surface area contributed by atoms with E-state index >= 15 is 0 Å². The molecule has 0 saturated carbocycles. The number of hydrogen-bond acceptors (Lipinski definition) is 5. The summed E-state index contributed by atoms with van der Waals surface area (Å²) in [5.41, 5.74) is 14.5. The zero-order valence-electron chi connectivity index (χ0n) is 23.4. The molecule has 0 aliphatic carbocycles. The predicted molar refractivity (Wildman–Crippen MR) is 169 cm³/mol. The number of aromatic hydroxyl groups is 1. The lowest BCUT2D eigenvalue weighted by Crippen LogP contribution is -2.36. The summed E-state index contributed by atoms with van der Waals surface area (Å²) in [6.45, 7) is 4.20. The minimum atomic E-state index is -0.213. The van der Waals surface area contributed by atoms with Crippen molar-refractivity contribution in [3.8, 4) is 11.5 Å². The second kappa shape index (κ2) is 12.1. The molecule has 0 aromatic heterocycles. The number of hydrogen-bond donors (Lipinski definition) is 4. The van der Waals surface area contributed by atoms with E-state index in [-0.39, 0.29) is 17.5 Å². The Bertz CT molecular complexity index is 1580. The molecule has 0 bridgehead atoms. The minimum Gasteiger partial charge on any atom is -0.507 e. The summed E-state index contributed by atoms with van der Waals surface area (Å²) in [5, 5.41) is 15.5. The monoisotopic (exact) mass is 568 g/mol. The number of unbranched alkanes of at least 4 members (excludes halogenated alkanes) is 1. The highest BCUT2D eigenvalue weighted by molar-refractivity contribution is 7.99. The third-order valence-electron chi connectivity index (χ3n) is 7.63. The highest BCUT2D eigenvalue weighted by Crippen LogP contribution is 2.46. The van der Waals surface area contributed by atoms with Gasteiger partial charge in [0.15, 0.2) is 5.96 Å². The van der Waals surface area contributed by atoms with Gasteiger partial charge in [-0.3, -0.25) is 4.79 Å². The topological polar surface area (TPSA) is 123 Å². The van der Waals surface area contributed by atoms with E-state index in [4.69, 9.17) is 16.2 Å². The lowest BCUT2D eigenvalue weighted by atomic mass is 9.85. The molecule has 4 aromatic carbocycles. The molecular weight excluding hydrogens is 532 g/mol. The molecular formula is C33H36N4O3S. The van der Waals surface area contributed by atoms with E-state index in [0.29, 0.717) is 17.0 Å². The van der Waals surface area contributed by atoms with Crippen LogP contribution in [0.4, 0.5) is 11.4 Å². The average molecular weight is 569 g/mol. The normalized spacial score (nSPS) is 16.0. The van der Waals surface area contributed by atoms with Crippen molar-refractivity contribution in [3.63, 3.8) is 0 Å². The Labute approximate surface area is 245 Å². The number of phenols is 1. The molecule has 1 aliphatic heterocycles. The zero-order chi connectivity index (χ0) is 29.0. The number of carbonyl (C=O) groups excluding carboxylic acids is 1. The first kappa shape index (κ1) is 28.4. The lowest BCUT2D eigenvalue weighted by Gasteiger charge is -2.37. The fourth-order valence-corrected chi connectivity index (χ4v) is 6.22. The van der Waals surface area contributed by atoms with Crippen LogP contribution in [0.3, 0.4) is 0 Å². The number of thioether (sulfide) groups is 1. The Morgan fingerprint density at radius 2 is 1.73 bits per heavy atom. The Hall–Kier alpha value is -4.17. The van der Waals surface area contributed by atoms with E-state index in [1.807, 2.05) is 67.2 Å². The summed E-state index contributed by atoms with van der Waals surface area (Å²) in [6, 6.07) is 22.6. The summed E-state index contributed by atoms with van der Waals surface area (Å²) in [4.78, 5) is 17.7. The van der Waals surface area contributed by atoms with E-state index in [1.54, 1.807) is 24.3 Å². The maximum absolute atomic E-state index is 12.6. The molecule has 1 atom stereocenters. The highest BCUT2D eigenvalue weighted by atomic mass is 32.2. The van der Waals surface area contributed by atoms with Gasteiger partial charge in [0.25, 0.3) is 5.91 Å². The molecule has 0 saturated heterocycles. The molecule has 7 nitrogen and oxygen atoms in total. The van der Waals surface area contributed by atoms with Crippen molar-refractivity contribution in [1.82, 2.24) is 0 Å². The van der Waals surface area contributed by atoms with Gasteiger partial charge in [-0.1, -0.05) is 24.3 Å². The number of nitrogens with zero attached hydrogens (tertiary/aromatic N) is 1. The van der Waals surface area contributed by atoms with Crippen molar-refractivity contribution in [2.75, 3.05) is 11.1 Å². The Morgan fingerprint density at radius 3 is 2.44 bits per heavy atom. The number of nitrogens with two attached hydrogens (primary N) is 2. The quantitative estimate of drug-likeness (QED) is 0.0742. The van der Waals surface area contributed by atoms with Gasteiger partial charge >= 0.3 is 0 Å². The molecule has 1 heterocycles. The van der Waals surface area contributed by atoms with Crippen LogP contribution in [0.2, 0.25) is 0 Å². The van der Waals surface area contributed by atoms with Gasteiger partial charge < -0.3 is 26.6 Å². The summed E-state index contributed by atoms with van der Waals surface area (Å²) in [6.07, 6.45) is 5.00. The number of benzene rings is 4. The van der Waals surface area contributed by atoms with Crippen LogP contribution in [0, 0.1) is 6.92 Å². The van der Waals surface area contributed by atoms with Gasteiger partial charge in [-0.2, -0.15) is 0 Å². The van der Waals surface area contributed by atoms with E-state index in [0.717, 1.165) is 71.2 Å². The summed E-state index contributed by atoms with van der Waals surface area (Å²) < 4.78 is 6.66. The summed E-state index contributed by atoms with van der Waals surface area (Å²) in [5.74, 6) is 2.10. The maximum atomic E-state index is 12.6. The Kier molecular flexibility index (Phi) is 8.40. The Morgan fingerprint density at radius 1 is 1.02 bits per heavy atom. The van der Waals surface area contributed by atoms with Gasteiger partial charge in [0.05, 0.1) is 5.69 Å². The van der Waals surface area contributed by atoms with Crippen molar-refractivity contribution < 1.29 is 14.6 Å². The predicted octanol–water partition coefficient (Wildman–Crippen LogP) is 7.06. The average Bonchev–Trinajstić information content (AvgIpc) is 2.96. The summed E-state index contributed by atoms with van der Waals surface area (Å²) >= 11 is 1.82. The van der Waals surface area contributed by atoms with Gasteiger partial charge in [-0.15, -0.1) is 11.8 Å². The van der Waals surface area contributed by atoms with Crippen LogP contribution in [-0.2, 0) is 6.42 Å². The minimum absolute atomic E-state index is 0.0229. The Balaban J connectivity index is 1.09. The molecule has 5 rings (SSSR count). The molecule has 0 radical (unpaired) electrons. The van der Waals surface area contributed by atoms with Crippen LogP contribution in [0.25, 0.3) is 10.8 Å². The van der Waals surface area contributed by atoms with Crippen molar-refractivity contribution in [2.24, 2.45) is 16.5 Å². The van der Waals surface area contributed by atoms with Crippen LogP contribution in [0.1, 0.15) is 54.1 Å². The van der Waals surface area contributed by atoms with Gasteiger partial charge in [0, 0.05) is 32.5 Å². The molecule has 8 heteroatoms. The molecule has 1 amide bonds. The largest absolute Gasteiger partial charge is 0.507 e. The number of fused-ring (bicyclic) bond motifs is 3. The second-order valence-corrected chi connectivity index (χ2v) is 11.9. The number of nitrogens with one attached hydrogen (secondary N) is 1. The maximum Gasteiger partial charge on any atom is 0.255 e. The zero-order valence-corrected chi connectivity index (χ0v) is 24.3. The lowest BCUT2D eigenvalue weighted by molar-refractivity contribution is 0.0557. The van der Waals surface area contributed by atoms with Gasteiger partial charge in [-0.25, -0.2) is 4.99 Å². The van der Waals surface area contributed by atoms with Crippen molar-refractivity contribution >= 4 is 45.8 Å². The number of rotatable bonds is 9. The van der Waals surface area contributed by atoms with Gasteiger partial charge in [-0.05, 0) is 106 Å². The fourth-order valence-electron chi connectivity index (χ4n) is 5.31. The van der Waals surface area contributed by atoms with Crippen LogP contribution < -0.4 is 21.5 Å². The van der Waals surface area contributed by atoms with E-state index < -0.39 is 0 Å². The van der Waals surface area contributed by atoms with Crippen molar-refractivity contribution in [1.29, 1.82) is 0 Å². The number of aliphatic imine (C=N–C) groups is 1. The van der Waals surface area contributed by atoms with E-state index in [2.05, 4.69) is 17.2 Å². The van der Waals surface area contributed by atoms with Crippen molar-refractivity contribution in [3.05, 3.63) is 89.5 Å². The number of anilines is 1. The molecule has 6 N–H and O–H groups in total. The number of carbonyl (C=O) groups is 1. The first-order valence-corrected chi connectivity index (χ1v) is 14.9. The van der Waals surface area contributed by atoms with Crippen LogP contribution >= 0.6 is 11.8 Å². The van der Waals surface area contributed by atoms with Crippen molar-refractivity contribution in [2.45, 2.75) is 56.4 Å². The fraction of sp³-hybridized carbons (Fsp3) is 0.273. The number of ether oxygens (including phenoxy) is 1. The third-order valence-corrected chi connectivity index (χ3v) is 8.73. The standard InChI is InChI=1S/C33H36N4O3S/c1-21-26-17-19-33(2,40-30(26)28-8-4-3-7-27(28)29(21)38)18-5-6-20-41-25-15-13-23(14-16-25)36-31(39)22-9-11-24(12-10-22)37-32(34)35/h3-4,7-16,38H,5-6,17-20H2,1-2H3,(H,36,39)(H4,34,35,37). The summed E-state index contributed by atoms with van der Waals surface area (Å²) in [7, 11) is 0. The number of guanidine groups is 1. The molecule has 1 aliphatic rings. The second-order valence-electron chi connectivity index (χ2n) is 10.7. The van der Waals surface area contributed by atoms with Crippen LogP contribution in [-0.4, -0.2) is 28.3 Å². The molecule has 41 heavy (non-hydrogen) atoms. The first-order chi connectivity index (χ1) is 19.7. The van der Waals surface area contributed by atoms with E-state index in [1.165, 1.54) is 4.90 Å². The molecule has 4 aromatic rings. The highest BCUT2D eigenvalue weighted by Gasteiger charge is 2.33. The van der Waals surface area contributed by atoms with Gasteiger partial charge in [0.2, 0.25) is 0 Å². The van der Waals surface area contributed by atoms with E-state index in [9.17, 15) is 9.90 Å². The number of phenolic OH excluding ortho intramolecular Hbond substituents is 1.